The van der Waals surface area contributed by atoms with Crippen LogP contribution in [0, 0.1) is 22.7 Å². The quantitative estimate of drug-likeness (QED) is 0.471. The molecule has 0 N–H and O–H groups in total. The van der Waals surface area contributed by atoms with Crippen molar-refractivity contribution < 1.29 is 14.3 Å². The maximum atomic E-state index is 12.5. The fourth-order valence-electron chi connectivity index (χ4n) is 5.83. The summed E-state index contributed by atoms with van der Waals surface area (Å²) in [6.45, 7) is 2.28. The van der Waals surface area contributed by atoms with Crippen LogP contribution >= 0.6 is 0 Å². The first-order valence-electron chi connectivity index (χ1n) is 6.74. The highest BCUT2D eigenvalue weighted by atomic mass is 16.6. The number of ether oxygens (including phenoxy) is 2. The molecule has 0 aromatic heterocycles. The van der Waals surface area contributed by atoms with E-state index in [0.29, 0.717) is 11.8 Å². The van der Waals surface area contributed by atoms with Gasteiger partial charge in [-0.25, -0.2) is 0 Å². The molecule has 4 fully saturated rings. The molecule has 6 rings (SSSR count). The Balaban J connectivity index is 1.87. The zero-order valence-corrected chi connectivity index (χ0v) is 9.89. The van der Waals surface area contributed by atoms with Crippen molar-refractivity contribution in [3.63, 3.8) is 0 Å². The van der Waals surface area contributed by atoms with E-state index in [0.717, 1.165) is 19.3 Å². The van der Waals surface area contributed by atoms with Crippen LogP contribution in [0.2, 0.25) is 0 Å². The van der Waals surface area contributed by atoms with Gasteiger partial charge in [-0.1, -0.05) is 19.1 Å². The SMILES string of the molecule is CC1CC2OC(=O)C34C[C@H]5C=C[C@@]13[C@@H](CC24)O5. The van der Waals surface area contributed by atoms with E-state index in [-0.39, 0.29) is 35.1 Å². The van der Waals surface area contributed by atoms with Gasteiger partial charge in [-0.15, -0.1) is 0 Å². The van der Waals surface area contributed by atoms with Crippen LogP contribution in [0.25, 0.3) is 0 Å². The molecule has 2 saturated heterocycles. The van der Waals surface area contributed by atoms with E-state index in [4.69, 9.17) is 9.47 Å². The molecule has 0 amide bonds. The molecule has 0 aromatic rings. The first kappa shape index (κ1) is 9.15. The molecule has 7 atom stereocenters. The third-order valence-corrected chi connectivity index (χ3v) is 6.33. The minimum atomic E-state index is -0.225. The summed E-state index contributed by atoms with van der Waals surface area (Å²) in [7, 11) is 0. The molecule has 3 heteroatoms. The number of esters is 1. The molecule has 3 heterocycles. The summed E-state index contributed by atoms with van der Waals surface area (Å²) < 4.78 is 11.8. The Morgan fingerprint density at radius 1 is 1.41 bits per heavy atom. The highest BCUT2D eigenvalue weighted by Crippen LogP contribution is 2.75. The summed E-state index contributed by atoms with van der Waals surface area (Å²) in [5.41, 5.74) is -0.270. The molecule has 0 aromatic carbocycles. The maximum Gasteiger partial charge on any atom is 0.313 e. The summed E-state index contributed by atoms with van der Waals surface area (Å²) >= 11 is 0. The van der Waals surface area contributed by atoms with Gasteiger partial charge in [0.2, 0.25) is 0 Å². The van der Waals surface area contributed by atoms with Crippen LogP contribution in [-0.4, -0.2) is 24.3 Å². The van der Waals surface area contributed by atoms with Gasteiger partial charge in [0.25, 0.3) is 0 Å². The third-order valence-electron chi connectivity index (χ3n) is 6.33. The van der Waals surface area contributed by atoms with Crippen LogP contribution in [0.5, 0.6) is 0 Å². The zero-order valence-electron chi connectivity index (χ0n) is 9.89. The van der Waals surface area contributed by atoms with Crippen molar-refractivity contribution in [2.45, 2.75) is 44.5 Å². The monoisotopic (exact) mass is 232 g/mol. The largest absolute Gasteiger partial charge is 0.462 e. The predicted molar refractivity (Wildman–Crippen MR) is 59.1 cm³/mol. The smallest absolute Gasteiger partial charge is 0.313 e. The highest BCUT2D eigenvalue weighted by Gasteiger charge is 2.81. The second-order valence-electron chi connectivity index (χ2n) is 6.55. The molecule has 3 aliphatic heterocycles. The molecule has 4 unspecified atom stereocenters. The average molecular weight is 232 g/mol. The van der Waals surface area contributed by atoms with Gasteiger partial charge in [0.1, 0.15) is 6.10 Å². The first-order valence-corrected chi connectivity index (χ1v) is 6.74. The van der Waals surface area contributed by atoms with Gasteiger partial charge >= 0.3 is 5.97 Å². The van der Waals surface area contributed by atoms with E-state index in [1.165, 1.54) is 0 Å². The second kappa shape index (κ2) is 2.33. The predicted octanol–water partition coefficient (Wildman–Crippen LogP) is 1.67. The van der Waals surface area contributed by atoms with Crippen molar-refractivity contribution >= 4 is 5.97 Å². The minimum absolute atomic E-state index is 0.0451. The number of carbonyl (C=O) groups is 1. The Morgan fingerprint density at radius 3 is 3.18 bits per heavy atom. The summed E-state index contributed by atoms with van der Waals surface area (Å²) in [5, 5.41) is 0. The number of hydrogen-bond donors (Lipinski definition) is 0. The van der Waals surface area contributed by atoms with Gasteiger partial charge in [0.05, 0.1) is 17.6 Å². The second-order valence-corrected chi connectivity index (χ2v) is 6.55. The molecule has 2 saturated carbocycles. The molecule has 3 nitrogen and oxygen atoms in total. The van der Waals surface area contributed by atoms with Crippen molar-refractivity contribution in [3.8, 4) is 0 Å². The van der Waals surface area contributed by atoms with Crippen molar-refractivity contribution in [1.29, 1.82) is 0 Å². The minimum Gasteiger partial charge on any atom is -0.462 e. The summed E-state index contributed by atoms with van der Waals surface area (Å²) in [6, 6.07) is 0. The summed E-state index contributed by atoms with van der Waals surface area (Å²) in [6.07, 6.45) is 8.02. The summed E-state index contributed by atoms with van der Waals surface area (Å²) in [4.78, 5) is 12.5. The van der Waals surface area contributed by atoms with Gasteiger partial charge in [-0.3, -0.25) is 4.79 Å². The molecule has 6 aliphatic rings. The van der Waals surface area contributed by atoms with E-state index >= 15 is 0 Å². The van der Waals surface area contributed by atoms with Crippen molar-refractivity contribution in [2.24, 2.45) is 22.7 Å². The van der Waals surface area contributed by atoms with E-state index in [9.17, 15) is 4.79 Å². The van der Waals surface area contributed by atoms with E-state index in [1.54, 1.807) is 0 Å². The third kappa shape index (κ3) is 0.659. The molecule has 0 radical (unpaired) electrons. The van der Waals surface area contributed by atoms with E-state index < -0.39 is 0 Å². The molecule has 2 spiro atoms. The Hall–Kier alpha value is -0.830. The van der Waals surface area contributed by atoms with Crippen LogP contribution < -0.4 is 0 Å². The zero-order chi connectivity index (χ0) is 11.4. The number of rotatable bonds is 0. The van der Waals surface area contributed by atoms with Crippen LogP contribution in [0.1, 0.15) is 26.2 Å². The fraction of sp³-hybridized carbons (Fsp3) is 0.786. The van der Waals surface area contributed by atoms with Gasteiger partial charge < -0.3 is 9.47 Å². The number of hydrogen-bond acceptors (Lipinski definition) is 3. The van der Waals surface area contributed by atoms with Crippen LogP contribution in [0.4, 0.5) is 0 Å². The van der Waals surface area contributed by atoms with Crippen molar-refractivity contribution in [3.05, 3.63) is 12.2 Å². The maximum absolute atomic E-state index is 12.5. The number of carbonyl (C=O) groups excluding carboxylic acids is 1. The Bertz CT molecular complexity index is 470. The van der Waals surface area contributed by atoms with Gasteiger partial charge in [0, 0.05) is 11.3 Å². The summed E-state index contributed by atoms with van der Waals surface area (Å²) in [5.74, 6) is 1.00. The van der Waals surface area contributed by atoms with Gasteiger partial charge in [-0.2, -0.15) is 0 Å². The van der Waals surface area contributed by atoms with Crippen LogP contribution in [0.15, 0.2) is 12.2 Å². The van der Waals surface area contributed by atoms with Crippen molar-refractivity contribution in [2.75, 3.05) is 0 Å². The van der Waals surface area contributed by atoms with E-state index in [1.807, 2.05) is 0 Å². The topological polar surface area (TPSA) is 35.5 Å². The molecule has 17 heavy (non-hydrogen) atoms. The van der Waals surface area contributed by atoms with Gasteiger partial charge in [-0.05, 0) is 25.2 Å². The molecular weight excluding hydrogens is 216 g/mol. The lowest BCUT2D eigenvalue weighted by molar-refractivity contribution is -0.184. The van der Waals surface area contributed by atoms with Crippen LogP contribution in [-0.2, 0) is 14.3 Å². The molecule has 90 valence electrons. The lowest BCUT2D eigenvalue weighted by atomic mass is 9.48. The average Bonchev–Trinajstić information content (AvgIpc) is 2.57. The lowest BCUT2D eigenvalue weighted by Crippen LogP contribution is -2.61. The molecular formula is C14H16O3. The standard InChI is InChI=1S/C14H16O3/c1-7-4-10-9-5-11-13(7)3-2-8(16-11)6-14(9,13)12(15)17-10/h2-3,7-11H,4-6H2,1H3/t7?,8-,9?,10?,11-,13+,14?/m1/s1. The lowest BCUT2D eigenvalue weighted by Gasteiger charge is -2.57. The fourth-order valence-corrected chi connectivity index (χ4v) is 5.83. The normalized spacial score (nSPS) is 65.2. The molecule has 3 aliphatic carbocycles. The Morgan fingerprint density at radius 2 is 2.29 bits per heavy atom. The first-order chi connectivity index (χ1) is 8.18. The van der Waals surface area contributed by atoms with Crippen LogP contribution in [0.3, 0.4) is 0 Å². The van der Waals surface area contributed by atoms with Crippen molar-refractivity contribution in [1.82, 2.24) is 0 Å². The Kier molecular flexibility index (Phi) is 1.25. The van der Waals surface area contributed by atoms with E-state index in [2.05, 4.69) is 19.1 Å². The van der Waals surface area contributed by atoms with Gasteiger partial charge in [0.15, 0.2) is 0 Å². The molecule has 6 bridgehead atoms. The Labute approximate surface area is 100 Å². The highest BCUT2D eigenvalue weighted by molar-refractivity contribution is 5.84.